The molecule has 2 amide bonds. The van der Waals surface area contributed by atoms with Crippen LogP contribution in [0.15, 0.2) is 12.1 Å². The predicted molar refractivity (Wildman–Crippen MR) is 62.2 cm³/mol. The number of anilines is 1. The van der Waals surface area contributed by atoms with Crippen LogP contribution >= 0.6 is 0 Å². The molecule has 1 aromatic carbocycles. The molecule has 0 aromatic heterocycles. The number of benzene rings is 1. The van der Waals surface area contributed by atoms with Gasteiger partial charge < -0.3 is 20.4 Å². The lowest BCUT2D eigenvalue weighted by Gasteiger charge is -2.19. The minimum atomic E-state index is -1.56. The quantitative estimate of drug-likeness (QED) is 0.706. The van der Waals surface area contributed by atoms with Gasteiger partial charge in [0.15, 0.2) is 11.6 Å². The van der Waals surface area contributed by atoms with Crippen LogP contribution in [0.2, 0.25) is 0 Å². The second-order valence-electron chi connectivity index (χ2n) is 3.82. The fraction of sp³-hybridized carbons (Fsp3) is 0.182. The van der Waals surface area contributed by atoms with Gasteiger partial charge in [0.1, 0.15) is 18.9 Å². The zero-order valence-electron chi connectivity index (χ0n) is 10.3. The first-order valence-corrected chi connectivity index (χ1v) is 5.34. The van der Waals surface area contributed by atoms with Crippen molar-refractivity contribution in [1.29, 1.82) is 0 Å². The zero-order chi connectivity index (χ0) is 16.2. The first kappa shape index (κ1) is 16.3. The Morgan fingerprint density at radius 3 is 2.05 bits per heavy atom. The summed E-state index contributed by atoms with van der Waals surface area (Å²) in [6.07, 6.45) is 0. The summed E-state index contributed by atoms with van der Waals surface area (Å²) in [5, 5.41) is 18.8. The second-order valence-corrected chi connectivity index (χ2v) is 3.82. The van der Waals surface area contributed by atoms with Crippen LogP contribution in [0.1, 0.15) is 0 Å². The molecule has 0 aliphatic heterocycles. The van der Waals surface area contributed by atoms with Gasteiger partial charge in [-0.3, -0.25) is 9.59 Å². The van der Waals surface area contributed by atoms with Crippen molar-refractivity contribution in [2.24, 2.45) is 0 Å². The summed E-state index contributed by atoms with van der Waals surface area (Å²) in [5.74, 6) is -7.33. The maximum Gasteiger partial charge on any atom is 0.323 e. The minimum absolute atomic E-state index is 0.247. The van der Waals surface area contributed by atoms with Crippen LogP contribution in [0.25, 0.3) is 0 Å². The lowest BCUT2D eigenvalue weighted by Crippen LogP contribution is -2.42. The summed E-state index contributed by atoms with van der Waals surface area (Å²) in [5.41, 5.74) is -0.877. The molecule has 0 spiro atoms. The molecule has 1 rings (SSSR count). The molecule has 0 unspecified atom stereocenters. The summed E-state index contributed by atoms with van der Waals surface area (Å²) in [6.45, 7) is -1.98. The predicted octanol–water partition coefficient (Wildman–Crippen LogP) is 1.11. The van der Waals surface area contributed by atoms with Gasteiger partial charge >= 0.3 is 18.0 Å². The number of carboxylic acids is 2. The van der Waals surface area contributed by atoms with Gasteiger partial charge in [0.05, 0.1) is 5.69 Å². The lowest BCUT2D eigenvalue weighted by atomic mass is 10.3. The molecule has 0 saturated heterocycles. The number of nitrogens with one attached hydrogen (secondary N) is 1. The molecule has 21 heavy (non-hydrogen) atoms. The number of hydrogen-bond donors (Lipinski definition) is 3. The molecule has 0 radical (unpaired) electrons. The van der Waals surface area contributed by atoms with E-state index in [0.29, 0.717) is 11.0 Å². The van der Waals surface area contributed by atoms with Gasteiger partial charge in [0, 0.05) is 12.1 Å². The number of amides is 2. The Balaban J connectivity index is 2.95. The van der Waals surface area contributed by atoms with Crippen LogP contribution < -0.4 is 5.32 Å². The second kappa shape index (κ2) is 6.59. The summed E-state index contributed by atoms with van der Waals surface area (Å²) in [4.78, 5) is 33.0. The number of halogens is 3. The van der Waals surface area contributed by atoms with E-state index in [9.17, 15) is 27.6 Å². The van der Waals surface area contributed by atoms with E-state index < -0.39 is 54.2 Å². The van der Waals surface area contributed by atoms with Gasteiger partial charge in [-0.25, -0.2) is 18.0 Å². The van der Waals surface area contributed by atoms with Crippen LogP contribution in [-0.4, -0.2) is 46.2 Å². The molecule has 0 aliphatic carbocycles. The molecular weight excluding hydrogens is 297 g/mol. The van der Waals surface area contributed by atoms with Gasteiger partial charge in [-0.05, 0) is 0 Å². The number of aliphatic carboxylic acids is 2. The SMILES string of the molecule is O=C(O)CN(CC(=O)O)C(=O)Nc1cc(F)cc(F)c1F. The Hall–Kier alpha value is -2.78. The Labute approximate surface area is 115 Å². The number of carbonyl (C=O) groups excluding carboxylic acids is 1. The largest absolute Gasteiger partial charge is 0.480 e. The minimum Gasteiger partial charge on any atom is -0.480 e. The molecule has 10 heteroatoms. The highest BCUT2D eigenvalue weighted by Crippen LogP contribution is 2.19. The van der Waals surface area contributed by atoms with E-state index in [2.05, 4.69) is 0 Å². The zero-order valence-corrected chi connectivity index (χ0v) is 10.3. The van der Waals surface area contributed by atoms with E-state index in [0.717, 1.165) is 0 Å². The molecule has 0 aliphatic rings. The highest BCUT2D eigenvalue weighted by atomic mass is 19.2. The van der Waals surface area contributed by atoms with Crippen LogP contribution in [0.3, 0.4) is 0 Å². The van der Waals surface area contributed by atoms with E-state index in [1.54, 1.807) is 5.32 Å². The molecular formula is C11H9F3N2O5. The van der Waals surface area contributed by atoms with Gasteiger partial charge in [-0.1, -0.05) is 0 Å². The number of rotatable bonds is 5. The van der Waals surface area contributed by atoms with Crippen molar-refractivity contribution in [1.82, 2.24) is 4.90 Å². The van der Waals surface area contributed by atoms with Crippen LogP contribution in [0, 0.1) is 17.5 Å². The van der Waals surface area contributed by atoms with Crippen molar-refractivity contribution in [3.8, 4) is 0 Å². The van der Waals surface area contributed by atoms with E-state index in [1.807, 2.05) is 0 Å². The molecule has 7 nitrogen and oxygen atoms in total. The number of carbonyl (C=O) groups is 3. The molecule has 0 atom stereocenters. The molecule has 0 saturated carbocycles. The summed E-state index contributed by atoms with van der Waals surface area (Å²) in [6, 6.07) is -0.614. The highest BCUT2D eigenvalue weighted by Gasteiger charge is 2.22. The van der Waals surface area contributed by atoms with Gasteiger partial charge in [-0.2, -0.15) is 0 Å². The van der Waals surface area contributed by atoms with E-state index in [1.165, 1.54) is 0 Å². The average molecular weight is 306 g/mol. The Morgan fingerprint density at radius 2 is 1.57 bits per heavy atom. The third kappa shape index (κ3) is 4.67. The first-order valence-electron chi connectivity index (χ1n) is 5.34. The number of carboxylic acid groups (broad SMARTS) is 2. The summed E-state index contributed by atoms with van der Waals surface area (Å²) in [7, 11) is 0. The fourth-order valence-corrected chi connectivity index (χ4v) is 1.37. The fourth-order valence-electron chi connectivity index (χ4n) is 1.37. The standard InChI is InChI=1S/C11H9F3N2O5/c12-5-1-6(13)10(14)7(2-5)15-11(21)16(3-8(17)18)4-9(19)20/h1-2H,3-4H2,(H,15,21)(H,17,18)(H,19,20). The third-order valence-electron chi connectivity index (χ3n) is 2.17. The van der Waals surface area contributed by atoms with E-state index >= 15 is 0 Å². The number of hydrogen-bond acceptors (Lipinski definition) is 3. The molecule has 114 valence electrons. The Bertz CT molecular complexity index is 577. The average Bonchev–Trinajstić information content (AvgIpc) is 2.33. The van der Waals surface area contributed by atoms with Gasteiger partial charge in [0.2, 0.25) is 0 Å². The van der Waals surface area contributed by atoms with Crippen LogP contribution in [0.4, 0.5) is 23.7 Å². The third-order valence-corrected chi connectivity index (χ3v) is 2.17. The summed E-state index contributed by atoms with van der Waals surface area (Å²) >= 11 is 0. The summed E-state index contributed by atoms with van der Waals surface area (Å²) < 4.78 is 39.2. The highest BCUT2D eigenvalue weighted by molar-refractivity contribution is 5.93. The van der Waals surface area contributed by atoms with E-state index in [-0.39, 0.29) is 6.07 Å². The smallest absolute Gasteiger partial charge is 0.323 e. The van der Waals surface area contributed by atoms with Crippen molar-refractivity contribution in [3.63, 3.8) is 0 Å². The monoisotopic (exact) mass is 306 g/mol. The maximum atomic E-state index is 13.3. The van der Waals surface area contributed by atoms with Crippen LogP contribution in [-0.2, 0) is 9.59 Å². The van der Waals surface area contributed by atoms with Crippen molar-refractivity contribution in [3.05, 3.63) is 29.6 Å². The Morgan fingerprint density at radius 1 is 1.05 bits per heavy atom. The molecule has 1 aromatic rings. The van der Waals surface area contributed by atoms with Gasteiger partial charge in [0.25, 0.3) is 0 Å². The van der Waals surface area contributed by atoms with Crippen molar-refractivity contribution < 1.29 is 37.8 Å². The van der Waals surface area contributed by atoms with Crippen LogP contribution in [0.5, 0.6) is 0 Å². The van der Waals surface area contributed by atoms with E-state index in [4.69, 9.17) is 10.2 Å². The molecule has 0 fully saturated rings. The maximum absolute atomic E-state index is 13.3. The molecule has 0 bridgehead atoms. The topological polar surface area (TPSA) is 107 Å². The molecule has 3 N–H and O–H groups in total. The lowest BCUT2D eigenvalue weighted by molar-refractivity contribution is -0.140. The molecule has 0 heterocycles. The van der Waals surface area contributed by atoms with Crippen molar-refractivity contribution in [2.45, 2.75) is 0 Å². The number of urea groups is 1. The van der Waals surface area contributed by atoms with Gasteiger partial charge in [-0.15, -0.1) is 0 Å². The van der Waals surface area contributed by atoms with Crippen molar-refractivity contribution >= 4 is 23.7 Å². The number of nitrogens with zero attached hydrogens (tertiary/aromatic N) is 1. The normalized spacial score (nSPS) is 10.0. The first-order chi connectivity index (χ1) is 9.70. The van der Waals surface area contributed by atoms with Crippen molar-refractivity contribution in [2.75, 3.05) is 18.4 Å². The Kier molecular flexibility index (Phi) is 5.11.